The largest absolute Gasteiger partial charge is 0.322 e. The third-order valence-electron chi connectivity index (χ3n) is 5.01. The van der Waals surface area contributed by atoms with E-state index in [0.29, 0.717) is 10.2 Å². The van der Waals surface area contributed by atoms with Crippen molar-refractivity contribution in [3.63, 3.8) is 0 Å². The first-order chi connectivity index (χ1) is 11.0. The third kappa shape index (κ3) is 2.83. The van der Waals surface area contributed by atoms with Crippen molar-refractivity contribution in [3.05, 3.63) is 62.4 Å². The molecule has 118 valence electrons. The highest BCUT2D eigenvalue weighted by Crippen LogP contribution is 2.22. The highest BCUT2D eigenvalue weighted by atomic mass is 32.1. The predicted octanol–water partition coefficient (Wildman–Crippen LogP) is 4.03. The van der Waals surface area contributed by atoms with Gasteiger partial charge in [-0.15, -0.1) is 0 Å². The maximum Gasteiger partial charge on any atom is 0.125 e. The molecule has 3 rings (SSSR count). The Bertz CT molecular complexity index is 858. The van der Waals surface area contributed by atoms with Crippen LogP contribution in [-0.2, 0) is 19.6 Å². The van der Waals surface area contributed by atoms with E-state index >= 15 is 0 Å². The summed E-state index contributed by atoms with van der Waals surface area (Å²) in [6.07, 6.45) is 1.07. The van der Waals surface area contributed by atoms with Crippen LogP contribution in [0.2, 0.25) is 0 Å². The molecule has 0 saturated carbocycles. The van der Waals surface area contributed by atoms with Crippen LogP contribution in [0.5, 0.6) is 0 Å². The SMILES string of the molecule is Cc1c(C)c(C)n(CN2CCc3ccccc3C2)c(=S)c1C#N. The van der Waals surface area contributed by atoms with Gasteiger partial charge in [-0.05, 0) is 49.4 Å². The van der Waals surface area contributed by atoms with Gasteiger partial charge in [-0.25, -0.2) is 0 Å². The molecule has 0 aliphatic carbocycles. The molecule has 0 amide bonds. The van der Waals surface area contributed by atoms with Crippen molar-refractivity contribution in [3.8, 4) is 6.07 Å². The molecule has 2 aromatic rings. The van der Waals surface area contributed by atoms with Crippen molar-refractivity contribution < 1.29 is 0 Å². The Morgan fingerprint density at radius 1 is 1.13 bits per heavy atom. The molecule has 1 aromatic carbocycles. The molecule has 0 unspecified atom stereocenters. The fourth-order valence-electron chi connectivity index (χ4n) is 3.29. The summed E-state index contributed by atoms with van der Waals surface area (Å²) in [5, 5.41) is 9.43. The number of pyridine rings is 1. The summed E-state index contributed by atoms with van der Waals surface area (Å²) in [5.41, 5.74) is 6.81. The van der Waals surface area contributed by atoms with Crippen LogP contribution < -0.4 is 0 Å². The van der Waals surface area contributed by atoms with Crippen LogP contribution in [-0.4, -0.2) is 16.0 Å². The first-order valence-electron chi connectivity index (χ1n) is 7.92. The average Bonchev–Trinajstić information content (AvgIpc) is 2.57. The van der Waals surface area contributed by atoms with E-state index in [1.165, 1.54) is 11.1 Å². The van der Waals surface area contributed by atoms with E-state index in [1.54, 1.807) is 0 Å². The van der Waals surface area contributed by atoms with E-state index in [0.717, 1.165) is 43.0 Å². The minimum Gasteiger partial charge on any atom is -0.322 e. The first-order valence-corrected chi connectivity index (χ1v) is 8.33. The summed E-state index contributed by atoms with van der Waals surface area (Å²) >= 11 is 5.59. The van der Waals surface area contributed by atoms with Crippen molar-refractivity contribution in [1.29, 1.82) is 5.26 Å². The quantitative estimate of drug-likeness (QED) is 0.782. The van der Waals surface area contributed by atoms with Crippen LogP contribution in [0.15, 0.2) is 24.3 Å². The summed E-state index contributed by atoms with van der Waals surface area (Å²) in [4.78, 5) is 2.40. The maximum absolute atomic E-state index is 9.43. The van der Waals surface area contributed by atoms with Gasteiger partial charge in [-0.3, -0.25) is 4.90 Å². The second-order valence-corrected chi connectivity index (χ2v) is 6.65. The predicted molar refractivity (Wildman–Crippen MR) is 94.7 cm³/mol. The number of hydrogen-bond acceptors (Lipinski definition) is 3. The Hall–Kier alpha value is -1.96. The molecular formula is C19H21N3S. The van der Waals surface area contributed by atoms with E-state index in [4.69, 9.17) is 12.2 Å². The minimum atomic E-state index is 0.639. The number of aromatic nitrogens is 1. The van der Waals surface area contributed by atoms with E-state index in [1.807, 2.05) is 6.92 Å². The van der Waals surface area contributed by atoms with Gasteiger partial charge in [0, 0.05) is 18.8 Å². The molecule has 0 saturated heterocycles. The lowest BCUT2D eigenvalue weighted by Gasteiger charge is -2.30. The maximum atomic E-state index is 9.43. The molecule has 3 nitrogen and oxygen atoms in total. The lowest BCUT2D eigenvalue weighted by molar-refractivity contribution is 0.196. The second-order valence-electron chi connectivity index (χ2n) is 6.27. The third-order valence-corrected chi connectivity index (χ3v) is 5.43. The molecule has 1 aromatic heterocycles. The normalized spacial score (nSPS) is 14.3. The molecule has 0 N–H and O–H groups in total. The van der Waals surface area contributed by atoms with Gasteiger partial charge in [0.25, 0.3) is 0 Å². The van der Waals surface area contributed by atoms with Crippen molar-refractivity contribution in [2.75, 3.05) is 6.54 Å². The van der Waals surface area contributed by atoms with Gasteiger partial charge in [0.2, 0.25) is 0 Å². The summed E-state index contributed by atoms with van der Waals surface area (Å²) in [7, 11) is 0. The highest BCUT2D eigenvalue weighted by molar-refractivity contribution is 7.71. The van der Waals surface area contributed by atoms with Crippen molar-refractivity contribution in [2.24, 2.45) is 0 Å². The zero-order valence-electron chi connectivity index (χ0n) is 13.9. The molecule has 0 fully saturated rings. The van der Waals surface area contributed by atoms with Crippen molar-refractivity contribution in [2.45, 2.75) is 40.4 Å². The fraction of sp³-hybridized carbons (Fsp3) is 0.368. The lowest BCUT2D eigenvalue weighted by atomic mass is 10.0. The molecule has 1 aliphatic rings. The zero-order valence-corrected chi connectivity index (χ0v) is 14.7. The van der Waals surface area contributed by atoms with Crippen LogP contribution in [0.3, 0.4) is 0 Å². The molecule has 0 spiro atoms. The molecule has 0 atom stereocenters. The second kappa shape index (κ2) is 6.27. The topological polar surface area (TPSA) is 32.0 Å². The Kier molecular flexibility index (Phi) is 4.34. The Morgan fingerprint density at radius 3 is 2.52 bits per heavy atom. The average molecular weight is 323 g/mol. The van der Waals surface area contributed by atoms with E-state index in [9.17, 15) is 5.26 Å². The zero-order chi connectivity index (χ0) is 16.6. The number of hydrogen-bond donors (Lipinski definition) is 0. The van der Waals surface area contributed by atoms with Gasteiger partial charge in [0.1, 0.15) is 10.7 Å². The smallest absolute Gasteiger partial charge is 0.125 e. The van der Waals surface area contributed by atoms with Crippen LogP contribution in [0.25, 0.3) is 0 Å². The van der Waals surface area contributed by atoms with Gasteiger partial charge >= 0.3 is 0 Å². The monoisotopic (exact) mass is 323 g/mol. The number of nitriles is 1. The summed E-state index contributed by atoms with van der Waals surface area (Å²) < 4.78 is 2.77. The van der Waals surface area contributed by atoms with Crippen molar-refractivity contribution in [1.82, 2.24) is 9.47 Å². The first kappa shape index (κ1) is 15.9. The van der Waals surface area contributed by atoms with E-state index in [2.05, 4.69) is 53.6 Å². The van der Waals surface area contributed by atoms with Crippen LogP contribution in [0.4, 0.5) is 0 Å². The van der Waals surface area contributed by atoms with Crippen LogP contribution in [0.1, 0.15) is 33.5 Å². The fourth-order valence-corrected chi connectivity index (χ4v) is 3.68. The van der Waals surface area contributed by atoms with E-state index < -0.39 is 0 Å². The van der Waals surface area contributed by atoms with Gasteiger partial charge in [-0.2, -0.15) is 5.26 Å². The molecule has 0 radical (unpaired) electrons. The lowest BCUT2D eigenvalue weighted by Crippen LogP contribution is -2.33. The molecular weight excluding hydrogens is 302 g/mol. The number of benzene rings is 1. The molecule has 23 heavy (non-hydrogen) atoms. The number of fused-ring (bicyclic) bond motifs is 1. The number of rotatable bonds is 2. The van der Waals surface area contributed by atoms with Crippen molar-refractivity contribution >= 4 is 12.2 Å². The van der Waals surface area contributed by atoms with Gasteiger partial charge < -0.3 is 4.57 Å². The Balaban J connectivity index is 1.95. The molecule has 2 heterocycles. The molecule has 1 aliphatic heterocycles. The molecule has 4 heteroatoms. The number of nitrogens with zero attached hydrogens (tertiary/aromatic N) is 3. The minimum absolute atomic E-state index is 0.639. The van der Waals surface area contributed by atoms with Gasteiger partial charge in [0.05, 0.1) is 12.2 Å². The van der Waals surface area contributed by atoms with Crippen LogP contribution in [0, 0.1) is 36.7 Å². The summed E-state index contributed by atoms with van der Waals surface area (Å²) in [6.45, 7) is 8.85. The van der Waals surface area contributed by atoms with Gasteiger partial charge in [0.15, 0.2) is 0 Å². The van der Waals surface area contributed by atoms with Crippen LogP contribution >= 0.6 is 12.2 Å². The Morgan fingerprint density at radius 2 is 1.83 bits per heavy atom. The standard InChI is InChI=1S/C19H21N3S/c1-13-14(2)18(10-20)19(23)22(15(13)3)12-21-9-8-16-6-4-5-7-17(16)11-21/h4-7H,8-9,11-12H2,1-3H3. The summed E-state index contributed by atoms with van der Waals surface area (Å²) in [5.74, 6) is 0. The Labute approximate surface area is 142 Å². The molecule has 0 bridgehead atoms. The summed E-state index contributed by atoms with van der Waals surface area (Å²) in [6, 6.07) is 10.9. The van der Waals surface area contributed by atoms with Gasteiger partial charge in [-0.1, -0.05) is 36.5 Å². The van der Waals surface area contributed by atoms with E-state index in [-0.39, 0.29) is 0 Å². The highest BCUT2D eigenvalue weighted by Gasteiger charge is 2.18.